The van der Waals surface area contributed by atoms with Gasteiger partial charge in [-0.25, -0.2) is 0 Å². The van der Waals surface area contributed by atoms with Crippen molar-refractivity contribution in [1.29, 1.82) is 0 Å². The number of carbonyl (C=O) groups is 2. The molecule has 0 atom stereocenters. The maximum atomic E-state index is 12.2. The van der Waals surface area contributed by atoms with Crippen LogP contribution in [0.2, 0.25) is 0 Å². The fraction of sp³-hybridized carbons (Fsp3) is 0.200. The number of benzene rings is 2. The summed E-state index contributed by atoms with van der Waals surface area (Å²) in [5, 5.41) is 5.70. The van der Waals surface area contributed by atoms with Crippen molar-refractivity contribution in [2.75, 3.05) is 5.32 Å². The lowest BCUT2D eigenvalue weighted by atomic mass is 9.94. The lowest BCUT2D eigenvalue weighted by Crippen LogP contribution is -2.40. The number of amides is 2. The van der Waals surface area contributed by atoms with Gasteiger partial charge in [-0.05, 0) is 43.2 Å². The summed E-state index contributed by atoms with van der Waals surface area (Å²) in [6.07, 6.45) is 3.26. The first kappa shape index (κ1) is 17.5. The minimum Gasteiger partial charge on any atom is -0.344 e. The third kappa shape index (κ3) is 5.09. The summed E-state index contributed by atoms with van der Waals surface area (Å²) in [6, 6.07) is 17.1. The second kappa shape index (κ2) is 7.59. The second-order valence-corrected chi connectivity index (χ2v) is 6.12. The van der Waals surface area contributed by atoms with E-state index in [1.54, 1.807) is 18.2 Å². The van der Waals surface area contributed by atoms with Crippen LogP contribution in [0, 0.1) is 0 Å². The Hall–Kier alpha value is -2.88. The van der Waals surface area contributed by atoms with Gasteiger partial charge < -0.3 is 10.6 Å². The van der Waals surface area contributed by atoms with E-state index in [1.165, 1.54) is 13.0 Å². The monoisotopic (exact) mass is 322 g/mol. The maximum Gasteiger partial charge on any atom is 0.244 e. The summed E-state index contributed by atoms with van der Waals surface area (Å²) in [6.45, 7) is 5.40. The lowest BCUT2D eigenvalue weighted by Gasteiger charge is -2.26. The molecule has 2 aromatic rings. The normalized spacial score (nSPS) is 11.3. The van der Waals surface area contributed by atoms with Crippen molar-refractivity contribution < 1.29 is 9.59 Å². The Morgan fingerprint density at radius 3 is 2.17 bits per heavy atom. The van der Waals surface area contributed by atoms with Gasteiger partial charge in [-0.2, -0.15) is 0 Å². The van der Waals surface area contributed by atoms with Crippen LogP contribution >= 0.6 is 0 Å². The molecule has 2 aromatic carbocycles. The molecule has 4 nitrogen and oxygen atoms in total. The van der Waals surface area contributed by atoms with E-state index in [0.717, 1.165) is 16.8 Å². The van der Waals surface area contributed by atoms with Crippen molar-refractivity contribution in [3.63, 3.8) is 0 Å². The van der Waals surface area contributed by atoms with Gasteiger partial charge in [0.05, 0.1) is 5.54 Å². The molecular weight excluding hydrogens is 300 g/mol. The molecule has 0 fully saturated rings. The fourth-order valence-electron chi connectivity index (χ4n) is 2.33. The average molecular weight is 322 g/mol. The smallest absolute Gasteiger partial charge is 0.244 e. The summed E-state index contributed by atoms with van der Waals surface area (Å²) < 4.78 is 0. The van der Waals surface area contributed by atoms with Crippen LogP contribution in [0.3, 0.4) is 0 Å². The fourth-order valence-corrected chi connectivity index (χ4v) is 2.33. The van der Waals surface area contributed by atoms with Crippen molar-refractivity contribution in [3.05, 3.63) is 71.8 Å². The predicted molar refractivity (Wildman–Crippen MR) is 97.4 cm³/mol. The van der Waals surface area contributed by atoms with Gasteiger partial charge >= 0.3 is 0 Å². The molecule has 2 N–H and O–H groups in total. The van der Waals surface area contributed by atoms with Gasteiger partial charge in [0.2, 0.25) is 11.8 Å². The second-order valence-electron chi connectivity index (χ2n) is 6.12. The molecular formula is C20H22N2O2. The highest BCUT2D eigenvalue weighted by atomic mass is 16.2. The summed E-state index contributed by atoms with van der Waals surface area (Å²) >= 11 is 0. The largest absolute Gasteiger partial charge is 0.344 e. The minimum atomic E-state index is -0.446. The zero-order valence-corrected chi connectivity index (χ0v) is 14.2. The van der Waals surface area contributed by atoms with E-state index in [2.05, 4.69) is 10.6 Å². The molecule has 0 saturated carbocycles. The van der Waals surface area contributed by atoms with Crippen LogP contribution in [0.1, 0.15) is 31.9 Å². The van der Waals surface area contributed by atoms with Gasteiger partial charge in [-0.3, -0.25) is 9.59 Å². The standard InChI is InChI=1S/C20H22N2O2/c1-15(23)21-18-12-9-16(10-13-18)11-14-19(24)22-20(2,3)17-7-5-4-6-8-17/h4-14H,1-3H3,(H,21,23)(H,22,24)/b14-11+. The van der Waals surface area contributed by atoms with Crippen molar-refractivity contribution in [3.8, 4) is 0 Å². The zero-order chi connectivity index (χ0) is 17.6. The molecule has 24 heavy (non-hydrogen) atoms. The van der Waals surface area contributed by atoms with Crippen molar-refractivity contribution in [2.45, 2.75) is 26.3 Å². The number of nitrogens with one attached hydrogen (secondary N) is 2. The molecule has 2 amide bonds. The van der Waals surface area contributed by atoms with Gasteiger partial charge in [0, 0.05) is 18.7 Å². The third-order valence-electron chi connectivity index (χ3n) is 3.59. The number of hydrogen-bond acceptors (Lipinski definition) is 2. The van der Waals surface area contributed by atoms with E-state index >= 15 is 0 Å². The first-order valence-corrected chi connectivity index (χ1v) is 7.80. The van der Waals surface area contributed by atoms with E-state index in [4.69, 9.17) is 0 Å². The molecule has 124 valence electrons. The SMILES string of the molecule is CC(=O)Nc1ccc(/C=C/C(=O)NC(C)(C)c2ccccc2)cc1. The van der Waals surface area contributed by atoms with E-state index in [9.17, 15) is 9.59 Å². The number of anilines is 1. The molecule has 0 aromatic heterocycles. The predicted octanol–water partition coefficient (Wildman–Crippen LogP) is 3.71. The Morgan fingerprint density at radius 2 is 1.58 bits per heavy atom. The van der Waals surface area contributed by atoms with Crippen LogP contribution in [0.4, 0.5) is 5.69 Å². The van der Waals surface area contributed by atoms with Crippen molar-refractivity contribution in [2.24, 2.45) is 0 Å². The molecule has 0 aliphatic carbocycles. The molecule has 0 aliphatic rings. The van der Waals surface area contributed by atoms with Crippen molar-refractivity contribution >= 4 is 23.6 Å². The highest BCUT2D eigenvalue weighted by molar-refractivity contribution is 5.92. The minimum absolute atomic E-state index is 0.110. The maximum absolute atomic E-state index is 12.2. The first-order valence-electron chi connectivity index (χ1n) is 7.80. The van der Waals surface area contributed by atoms with E-state index in [1.807, 2.05) is 56.3 Å². The van der Waals surface area contributed by atoms with Crippen LogP contribution in [-0.4, -0.2) is 11.8 Å². The summed E-state index contributed by atoms with van der Waals surface area (Å²) in [5.41, 5.74) is 2.22. The molecule has 0 saturated heterocycles. The summed E-state index contributed by atoms with van der Waals surface area (Å²) in [4.78, 5) is 23.1. The molecule has 0 unspecified atom stereocenters. The number of carbonyl (C=O) groups excluding carboxylic acids is 2. The van der Waals surface area contributed by atoms with Gasteiger partial charge in [-0.1, -0.05) is 42.5 Å². The molecule has 0 bridgehead atoms. The van der Waals surface area contributed by atoms with E-state index in [0.29, 0.717) is 0 Å². The molecule has 0 radical (unpaired) electrons. The van der Waals surface area contributed by atoms with E-state index < -0.39 is 5.54 Å². The van der Waals surface area contributed by atoms with Gasteiger partial charge in [0.1, 0.15) is 0 Å². The molecule has 4 heteroatoms. The Labute approximate surface area is 142 Å². The highest BCUT2D eigenvalue weighted by Crippen LogP contribution is 2.19. The highest BCUT2D eigenvalue weighted by Gasteiger charge is 2.21. The Morgan fingerprint density at radius 1 is 0.958 bits per heavy atom. The van der Waals surface area contributed by atoms with Crippen LogP contribution in [0.15, 0.2) is 60.7 Å². The van der Waals surface area contributed by atoms with Gasteiger partial charge in [-0.15, -0.1) is 0 Å². The molecule has 0 aliphatic heterocycles. The molecule has 2 rings (SSSR count). The topological polar surface area (TPSA) is 58.2 Å². The number of rotatable bonds is 5. The first-order chi connectivity index (χ1) is 11.4. The summed E-state index contributed by atoms with van der Waals surface area (Å²) in [7, 11) is 0. The zero-order valence-electron chi connectivity index (χ0n) is 14.2. The Kier molecular flexibility index (Phi) is 5.53. The van der Waals surface area contributed by atoms with Crippen LogP contribution in [0.25, 0.3) is 6.08 Å². The summed E-state index contributed by atoms with van der Waals surface area (Å²) in [5.74, 6) is -0.268. The molecule has 0 heterocycles. The van der Waals surface area contributed by atoms with Gasteiger partial charge in [0.25, 0.3) is 0 Å². The van der Waals surface area contributed by atoms with Crippen LogP contribution in [0.5, 0.6) is 0 Å². The quantitative estimate of drug-likeness (QED) is 0.825. The lowest BCUT2D eigenvalue weighted by molar-refractivity contribution is -0.118. The van der Waals surface area contributed by atoms with Crippen molar-refractivity contribution in [1.82, 2.24) is 5.32 Å². The third-order valence-corrected chi connectivity index (χ3v) is 3.59. The van der Waals surface area contributed by atoms with Gasteiger partial charge in [0.15, 0.2) is 0 Å². The van der Waals surface area contributed by atoms with Crippen LogP contribution < -0.4 is 10.6 Å². The number of hydrogen-bond donors (Lipinski definition) is 2. The Balaban J connectivity index is 1.99. The average Bonchev–Trinajstić information content (AvgIpc) is 2.54. The van der Waals surface area contributed by atoms with E-state index in [-0.39, 0.29) is 11.8 Å². The Bertz CT molecular complexity index is 732. The van der Waals surface area contributed by atoms with Crippen LogP contribution in [-0.2, 0) is 15.1 Å². The molecule has 0 spiro atoms.